The lowest BCUT2D eigenvalue weighted by Gasteiger charge is -2.29. The van der Waals surface area contributed by atoms with E-state index in [2.05, 4.69) is 189 Å². The van der Waals surface area contributed by atoms with Gasteiger partial charge in [-0.15, -0.1) is 0 Å². The Labute approximate surface area is 327 Å². The molecule has 55 heavy (non-hydrogen) atoms. The molecule has 4 heteroatoms. The number of rotatable bonds is 9. The molecule has 0 radical (unpaired) electrons. The second kappa shape index (κ2) is 14.3. The summed E-state index contributed by atoms with van der Waals surface area (Å²) in [7, 11) is -1.45. The molecule has 0 bridgehead atoms. The first kappa shape index (κ1) is 35.4. The van der Waals surface area contributed by atoms with Crippen LogP contribution in [-0.2, 0) is 5.41 Å². The van der Waals surface area contributed by atoms with Crippen molar-refractivity contribution >= 4 is 59.5 Å². The Bertz CT molecular complexity index is 2480. The number of anilines is 6. The molecular formula is C51H43N3Si. The number of fused-ring (bicyclic) bond motifs is 3. The van der Waals surface area contributed by atoms with Gasteiger partial charge >= 0.3 is 0 Å². The third kappa shape index (κ3) is 6.97. The normalized spacial score (nSPS) is 12.7. The summed E-state index contributed by atoms with van der Waals surface area (Å²) in [5.74, 6) is 0. The zero-order valence-corrected chi connectivity index (χ0v) is 33.0. The molecule has 0 aliphatic heterocycles. The molecule has 0 atom stereocenters. The van der Waals surface area contributed by atoms with Crippen molar-refractivity contribution in [1.82, 2.24) is 0 Å². The van der Waals surface area contributed by atoms with Crippen molar-refractivity contribution in [1.29, 1.82) is 5.26 Å². The molecule has 7 aromatic rings. The van der Waals surface area contributed by atoms with Crippen LogP contribution >= 0.6 is 0 Å². The van der Waals surface area contributed by atoms with Gasteiger partial charge in [-0.2, -0.15) is 5.26 Å². The molecule has 7 aromatic carbocycles. The van der Waals surface area contributed by atoms with Crippen LogP contribution in [0.2, 0.25) is 19.6 Å². The number of hydrogen-bond acceptors (Lipinski definition) is 3. The van der Waals surface area contributed by atoms with Gasteiger partial charge in [0.05, 0.1) is 25.4 Å². The van der Waals surface area contributed by atoms with E-state index < -0.39 is 8.07 Å². The molecule has 8 rings (SSSR count). The van der Waals surface area contributed by atoms with Gasteiger partial charge in [0.25, 0.3) is 0 Å². The lowest BCUT2D eigenvalue weighted by Crippen LogP contribution is -2.37. The van der Waals surface area contributed by atoms with E-state index in [9.17, 15) is 5.26 Å². The van der Waals surface area contributed by atoms with Crippen LogP contribution in [0.5, 0.6) is 0 Å². The zero-order valence-electron chi connectivity index (χ0n) is 32.0. The van der Waals surface area contributed by atoms with E-state index in [-0.39, 0.29) is 5.41 Å². The van der Waals surface area contributed by atoms with Gasteiger partial charge in [-0.1, -0.05) is 130 Å². The summed E-state index contributed by atoms with van der Waals surface area (Å²) in [6, 6.07) is 64.1. The van der Waals surface area contributed by atoms with Crippen LogP contribution in [-0.4, -0.2) is 8.07 Å². The summed E-state index contributed by atoms with van der Waals surface area (Å²) in [4.78, 5) is 4.54. The van der Waals surface area contributed by atoms with E-state index >= 15 is 0 Å². The Morgan fingerprint density at radius 2 is 1.07 bits per heavy atom. The Balaban J connectivity index is 1.08. The fourth-order valence-corrected chi connectivity index (χ4v) is 8.82. The van der Waals surface area contributed by atoms with Crippen molar-refractivity contribution in [2.24, 2.45) is 0 Å². The molecule has 0 fully saturated rings. The Morgan fingerprint density at radius 3 is 1.69 bits per heavy atom. The first-order valence-corrected chi connectivity index (χ1v) is 22.3. The average Bonchev–Trinajstić information content (AvgIpc) is 3.43. The van der Waals surface area contributed by atoms with Crippen LogP contribution in [0, 0.1) is 23.5 Å². The topological polar surface area (TPSA) is 30.3 Å². The van der Waals surface area contributed by atoms with Gasteiger partial charge in [-0.3, -0.25) is 0 Å². The van der Waals surface area contributed by atoms with Gasteiger partial charge in [0.1, 0.15) is 0 Å². The molecule has 0 spiro atoms. The molecule has 1 aliphatic rings. The third-order valence-corrected chi connectivity index (χ3v) is 12.8. The van der Waals surface area contributed by atoms with E-state index in [1.54, 1.807) is 0 Å². The second-order valence-electron chi connectivity index (χ2n) is 15.7. The molecule has 0 unspecified atom stereocenters. The quantitative estimate of drug-likeness (QED) is 0.110. The minimum absolute atomic E-state index is 0.197. The van der Waals surface area contributed by atoms with Crippen LogP contribution in [0.4, 0.5) is 34.1 Å². The van der Waals surface area contributed by atoms with E-state index in [1.807, 2.05) is 42.5 Å². The number of hydrogen-bond donors (Lipinski definition) is 0. The van der Waals surface area contributed by atoms with Crippen LogP contribution in [0.1, 0.15) is 41.7 Å². The van der Waals surface area contributed by atoms with Gasteiger partial charge in [-0.05, 0) is 118 Å². The molecular weight excluding hydrogens is 683 g/mol. The summed E-state index contributed by atoms with van der Waals surface area (Å²) in [6.07, 6.45) is 4.41. The van der Waals surface area contributed by atoms with Crippen LogP contribution in [0.25, 0.3) is 23.3 Å². The van der Waals surface area contributed by atoms with Crippen molar-refractivity contribution in [3.05, 3.63) is 198 Å². The van der Waals surface area contributed by atoms with E-state index in [1.165, 1.54) is 33.0 Å². The van der Waals surface area contributed by atoms with Crippen LogP contribution in [0.3, 0.4) is 0 Å². The smallest absolute Gasteiger partial charge is 0.0991 e. The first-order chi connectivity index (χ1) is 26.6. The van der Waals surface area contributed by atoms with E-state index in [0.29, 0.717) is 5.56 Å². The number of nitriles is 1. The van der Waals surface area contributed by atoms with Crippen molar-refractivity contribution in [3.63, 3.8) is 0 Å². The highest BCUT2D eigenvalue weighted by Crippen LogP contribution is 2.51. The fourth-order valence-electron chi connectivity index (χ4n) is 7.66. The minimum atomic E-state index is -1.45. The monoisotopic (exact) mass is 725 g/mol. The van der Waals surface area contributed by atoms with Gasteiger partial charge in [0.15, 0.2) is 0 Å². The Kier molecular flexibility index (Phi) is 9.23. The summed E-state index contributed by atoms with van der Waals surface area (Å²) >= 11 is 0. The predicted molar refractivity (Wildman–Crippen MR) is 234 cm³/mol. The number of nitrogens with zero attached hydrogens (tertiary/aromatic N) is 3. The summed E-state index contributed by atoms with van der Waals surface area (Å²) in [5, 5.41) is 10.9. The second-order valence-corrected chi connectivity index (χ2v) is 20.8. The van der Waals surface area contributed by atoms with Crippen molar-refractivity contribution in [3.8, 4) is 17.2 Å². The van der Waals surface area contributed by atoms with Crippen molar-refractivity contribution < 1.29 is 0 Å². The molecule has 266 valence electrons. The van der Waals surface area contributed by atoms with E-state index in [4.69, 9.17) is 0 Å². The summed E-state index contributed by atoms with van der Waals surface area (Å²) in [6.45, 7) is 11.8. The molecule has 0 heterocycles. The first-order valence-electron chi connectivity index (χ1n) is 18.8. The number of benzene rings is 6. The molecule has 0 aromatic heterocycles. The summed E-state index contributed by atoms with van der Waals surface area (Å²) < 4.78 is 0. The average molecular weight is 726 g/mol. The summed E-state index contributed by atoms with van der Waals surface area (Å²) in [5.41, 5.74) is 14.4. The molecule has 0 amide bonds. The third-order valence-electron chi connectivity index (χ3n) is 10.7. The number of para-hydroxylation sites is 1. The maximum Gasteiger partial charge on any atom is 0.0991 e. The Morgan fingerprint density at radius 1 is 0.545 bits per heavy atom. The predicted octanol–water partition coefficient (Wildman–Crippen LogP) is 13.1. The minimum Gasteiger partial charge on any atom is -0.310 e. The van der Waals surface area contributed by atoms with E-state index in [0.717, 1.165) is 39.7 Å². The van der Waals surface area contributed by atoms with Crippen molar-refractivity contribution in [2.75, 3.05) is 9.80 Å². The largest absolute Gasteiger partial charge is 0.310 e. The van der Waals surface area contributed by atoms with Gasteiger partial charge < -0.3 is 9.80 Å². The fraction of sp³-hybridized carbons (Fsp3) is 0.118. The molecule has 3 nitrogen and oxygen atoms in total. The lowest BCUT2D eigenvalue weighted by molar-refractivity contribution is 0.660. The highest BCUT2D eigenvalue weighted by molar-refractivity contribution is 6.88. The lowest BCUT2D eigenvalue weighted by atomic mass is 9.81. The van der Waals surface area contributed by atoms with Gasteiger partial charge in [0, 0.05) is 39.9 Å². The van der Waals surface area contributed by atoms with Crippen molar-refractivity contribution in [2.45, 2.75) is 38.9 Å². The molecule has 0 saturated carbocycles. The van der Waals surface area contributed by atoms with Gasteiger partial charge in [-0.25, -0.2) is 0 Å². The molecule has 0 N–H and O–H groups in total. The Hall–Kier alpha value is -6.59. The maximum atomic E-state index is 9.50. The highest BCUT2D eigenvalue weighted by Gasteiger charge is 2.36. The highest BCUT2D eigenvalue weighted by atomic mass is 28.3. The standard InChI is InChI=1S/C51H43N3Si/c1-51(2)49-34-38(17-16-37-18-23-42(24-19-37)53(40-12-8-6-9-13-40)41-14-10-7-11-15-41)22-32-47(49)48-33-29-45(35-50(48)51)54(43-25-20-39(36-52)21-26-43)44-27-30-46(31-28-44)55(3,4)5/h6,8-10,12-35H,1-5H3/b17-16+. The molecule has 1 aliphatic carbocycles. The maximum absolute atomic E-state index is 9.50. The van der Waals surface area contributed by atoms with Gasteiger partial charge in [0.2, 0.25) is 0 Å². The van der Waals surface area contributed by atoms with Crippen LogP contribution < -0.4 is 15.0 Å². The van der Waals surface area contributed by atoms with Crippen LogP contribution in [0.15, 0.2) is 158 Å². The molecule has 0 saturated heterocycles. The SMILES string of the molecule is CC1(C)c2cc(/C=C/c3ccc(N(c4cc#ccc4)c4ccccc4)cc3)ccc2-c2ccc(N(c3ccc(C#N)cc3)c3ccc([Si](C)(C)C)cc3)cc21. The zero-order chi connectivity index (χ0) is 38.2.